The number of thiazole rings is 1. The molecular weight excluding hydrogens is 236 g/mol. The highest BCUT2D eigenvalue weighted by Gasteiger charge is 2.01. The van der Waals surface area contributed by atoms with Crippen LogP contribution in [0, 0.1) is 0 Å². The van der Waals surface area contributed by atoms with Gasteiger partial charge in [-0.05, 0) is 19.4 Å². The summed E-state index contributed by atoms with van der Waals surface area (Å²) >= 11 is 1.63. The number of imidazole rings is 1. The molecule has 17 heavy (non-hydrogen) atoms. The Morgan fingerprint density at radius 2 is 2.41 bits per heavy atom. The Hall–Kier alpha value is -1.40. The van der Waals surface area contributed by atoms with Crippen molar-refractivity contribution in [1.29, 1.82) is 0 Å². The lowest BCUT2D eigenvalue weighted by molar-refractivity contribution is -0.118. The number of amides is 1. The number of hydrogen-bond donors (Lipinski definition) is 2. The molecule has 5 nitrogen and oxygen atoms in total. The van der Waals surface area contributed by atoms with Crippen molar-refractivity contribution in [3.63, 3.8) is 0 Å². The van der Waals surface area contributed by atoms with Gasteiger partial charge in [0.25, 0.3) is 0 Å². The fourth-order valence-electron chi connectivity index (χ4n) is 1.63. The van der Waals surface area contributed by atoms with Crippen molar-refractivity contribution in [2.75, 3.05) is 6.54 Å². The molecular formula is C11H16N4OS. The summed E-state index contributed by atoms with van der Waals surface area (Å²) in [6.07, 6.45) is 6.32. The number of fused-ring (bicyclic) bond motifs is 1. The van der Waals surface area contributed by atoms with E-state index in [1.54, 1.807) is 11.3 Å². The standard InChI is InChI=1S/C11H16N4OS/c12-10(16)3-1-2-4-13-7-9-8-15-5-6-17-11(15)14-9/h5-6,8,13H,1-4,7H2,(H2,12,16). The van der Waals surface area contributed by atoms with Gasteiger partial charge in [-0.2, -0.15) is 0 Å². The summed E-state index contributed by atoms with van der Waals surface area (Å²) in [5.74, 6) is -0.223. The zero-order valence-corrected chi connectivity index (χ0v) is 10.4. The van der Waals surface area contributed by atoms with Crippen LogP contribution in [-0.4, -0.2) is 21.8 Å². The van der Waals surface area contributed by atoms with Crippen molar-refractivity contribution >= 4 is 22.2 Å². The van der Waals surface area contributed by atoms with E-state index in [9.17, 15) is 4.79 Å². The van der Waals surface area contributed by atoms with Gasteiger partial charge in [0.15, 0.2) is 4.96 Å². The molecule has 6 heteroatoms. The summed E-state index contributed by atoms with van der Waals surface area (Å²) in [5, 5.41) is 5.32. The molecule has 0 radical (unpaired) electrons. The Morgan fingerprint density at radius 1 is 1.53 bits per heavy atom. The largest absolute Gasteiger partial charge is 0.370 e. The second kappa shape index (κ2) is 5.79. The minimum atomic E-state index is -0.223. The van der Waals surface area contributed by atoms with E-state index in [0.29, 0.717) is 6.42 Å². The minimum Gasteiger partial charge on any atom is -0.370 e. The normalized spacial score (nSPS) is 11.1. The number of unbranched alkanes of at least 4 members (excludes halogenated alkanes) is 1. The second-order valence-corrected chi connectivity index (χ2v) is 4.80. The predicted molar refractivity (Wildman–Crippen MR) is 67.8 cm³/mol. The summed E-state index contributed by atoms with van der Waals surface area (Å²) < 4.78 is 2.02. The molecule has 0 spiro atoms. The molecule has 0 unspecified atom stereocenters. The highest BCUT2D eigenvalue weighted by Crippen LogP contribution is 2.10. The van der Waals surface area contributed by atoms with Gasteiger partial charge in [-0.25, -0.2) is 4.98 Å². The first-order chi connectivity index (χ1) is 8.25. The number of hydrogen-bond acceptors (Lipinski definition) is 4. The molecule has 1 amide bonds. The monoisotopic (exact) mass is 252 g/mol. The maximum Gasteiger partial charge on any atom is 0.217 e. The smallest absolute Gasteiger partial charge is 0.217 e. The van der Waals surface area contributed by atoms with Crippen molar-refractivity contribution in [1.82, 2.24) is 14.7 Å². The van der Waals surface area contributed by atoms with Gasteiger partial charge in [-0.15, -0.1) is 11.3 Å². The third-order valence-electron chi connectivity index (χ3n) is 2.48. The topological polar surface area (TPSA) is 72.4 Å². The minimum absolute atomic E-state index is 0.223. The number of carbonyl (C=O) groups excluding carboxylic acids is 1. The van der Waals surface area contributed by atoms with Crippen LogP contribution in [0.5, 0.6) is 0 Å². The SMILES string of the molecule is NC(=O)CCCCNCc1cn2ccsc2n1. The number of nitrogens with one attached hydrogen (secondary N) is 1. The van der Waals surface area contributed by atoms with Gasteiger partial charge in [0.2, 0.25) is 5.91 Å². The lowest BCUT2D eigenvalue weighted by Gasteiger charge is -2.01. The highest BCUT2D eigenvalue weighted by atomic mass is 32.1. The summed E-state index contributed by atoms with van der Waals surface area (Å²) in [6.45, 7) is 1.66. The molecule has 2 aromatic rings. The fraction of sp³-hybridized carbons (Fsp3) is 0.455. The molecule has 0 fully saturated rings. The van der Waals surface area contributed by atoms with Crippen molar-refractivity contribution in [2.45, 2.75) is 25.8 Å². The van der Waals surface area contributed by atoms with E-state index >= 15 is 0 Å². The maximum atomic E-state index is 10.5. The van der Waals surface area contributed by atoms with Gasteiger partial charge in [0.1, 0.15) is 0 Å². The van der Waals surface area contributed by atoms with E-state index < -0.39 is 0 Å². The van der Waals surface area contributed by atoms with Gasteiger partial charge >= 0.3 is 0 Å². The zero-order chi connectivity index (χ0) is 12.1. The average Bonchev–Trinajstić information content (AvgIpc) is 2.82. The van der Waals surface area contributed by atoms with E-state index in [0.717, 1.165) is 36.6 Å². The van der Waals surface area contributed by atoms with Crippen molar-refractivity contribution in [2.24, 2.45) is 5.73 Å². The van der Waals surface area contributed by atoms with Crippen LogP contribution in [0.1, 0.15) is 25.0 Å². The van der Waals surface area contributed by atoms with Crippen LogP contribution < -0.4 is 11.1 Å². The maximum absolute atomic E-state index is 10.5. The van der Waals surface area contributed by atoms with Crippen LogP contribution in [0.2, 0.25) is 0 Å². The average molecular weight is 252 g/mol. The second-order valence-electron chi connectivity index (χ2n) is 3.93. The van der Waals surface area contributed by atoms with Crippen molar-refractivity contribution in [3.8, 4) is 0 Å². The lowest BCUT2D eigenvalue weighted by atomic mass is 10.2. The number of nitrogens with zero attached hydrogens (tertiary/aromatic N) is 2. The molecule has 0 atom stereocenters. The first kappa shape index (κ1) is 12.1. The fourth-order valence-corrected chi connectivity index (χ4v) is 2.35. The van der Waals surface area contributed by atoms with Crippen LogP contribution in [0.15, 0.2) is 17.8 Å². The van der Waals surface area contributed by atoms with E-state index in [1.807, 2.05) is 22.2 Å². The molecule has 0 aliphatic rings. The van der Waals surface area contributed by atoms with E-state index in [4.69, 9.17) is 5.73 Å². The third kappa shape index (κ3) is 3.54. The summed E-state index contributed by atoms with van der Waals surface area (Å²) in [6, 6.07) is 0. The lowest BCUT2D eigenvalue weighted by Crippen LogP contribution is -2.16. The molecule has 3 N–H and O–H groups in total. The van der Waals surface area contributed by atoms with E-state index in [2.05, 4.69) is 10.3 Å². The first-order valence-corrected chi connectivity index (χ1v) is 6.54. The Kier molecular flexibility index (Phi) is 4.11. The van der Waals surface area contributed by atoms with Crippen LogP contribution in [0.25, 0.3) is 4.96 Å². The van der Waals surface area contributed by atoms with E-state index in [1.165, 1.54) is 0 Å². The summed E-state index contributed by atoms with van der Waals surface area (Å²) in [7, 11) is 0. The Balaban J connectivity index is 1.65. The van der Waals surface area contributed by atoms with Gasteiger partial charge < -0.3 is 11.1 Å². The number of carbonyl (C=O) groups is 1. The number of rotatable bonds is 7. The number of primary amides is 1. The molecule has 2 rings (SSSR count). The number of aromatic nitrogens is 2. The summed E-state index contributed by atoms with van der Waals surface area (Å²) in [5.41, 5.74) is 6.11. The van der Waals surface area contributed by atoms with Gasteiger partial charge in [0, 0.05) is 30.7 Å². The van der Waals surface area contributed by atoms with Gasteiger partial charge in [-0.1, -0.05) is 0 Å². The molecule has 0 aliphatic heterocycles. The van der Waals surface area contributed by atoms with Crippen molar-refractivity contribution < 1.29 is 4.79 Å². The van der Waals surface area contributed by atoms with Crippen LogP contribution in [0.3, 0.4) is 0 Å². The zero-order valence-electron chi connectivity index (χ0n) is 9.56. The molecule has 0 bridgehead atoms. The quantitative estimate of drug-likeness (QED) is 0.726. The Morgan fingerprint density at radius 3 is 3.18 bits per heavy atom. The van der Waals surface area contributed by atoms with E-state index in [-0.39, 0.29) is 5.91 Å². The molecule has 0 aromatic carbocycles. The van der Waals surface area contributed by atoms with Crippen molar-refractivity contribution in [3.05, 3.63) is 23.5 Å². The molecule has 2 aromatic heterocycles. The highest BCUT2D eigenvalue weighted by molar-refractivity contribution is 7.15. The molecule has 0 aliphatic carbocycles. The van der Waals surface area contributed by atoms with Crippen LogP contribution in [-0.2, 0) is 11.3 Å². The summed E-state index contributed by atoms with van der Waals surface area (Å²) in [4.78, 5) is 16.0. The predicted octanol–water partition coefficient (Wildman–Crippen LogP) is 1.14. The Labute approximate surface area is 104 Å². The van der Waals surface area contributed by atoms with Crippen LogP contribution in [0.4, 0.5) is 0 Å². The third-order valence-corrected chi connectivity index (χ3v) is 3.25. The molecule has 0 saturated heterocycles. The first-order valence-electron chi connectivity index (χ1n) is 5.66. The van der Waals surface area contributed by atoms with Crippen LogP contribution >= 0.6 is 11.3 Å². The van der Waals surface area contributed by atoms with Gasteiger partial charge in [-0.3, -0.25) is 9.20 Å². The molecule has 2 heterocycles. The Bertz CT molecular complexity index is 462. The number of nitrogens with two attached hydrogens (primary N) is 1. The molecule has 0 saturated carbocycles. The van der Waals surface area contributed by atoms with Gasteiger partial charge in [0.05, 0.1) is 5.69 Å². The molecule has 92 valence electrons.